The Morgan fingerprint density at radius 3 is 2.65 bits per heavy atom. The van der Waals surface area contributed by atoms with Gasteiger partial charge in [-0.05, 0) is 64.7 Å². The quantitative estimate of drug-likeness (QED) is 0.444. The molecule has 0 aliphatic rings. The van der Waals surface area contributed by atoms with Crippen LogP contribution in [0.5, 0.6) is 0 Å². The summed E-state index contributed by atoms with van der Waals surface area (Å²) >= 11 is 1.67. The van der Waals surface area contributed by atoms with Gasteiger partial charge < -0.3 is 10.2 Å². The summed E-state index contributed by atoms with van der Waals surface area (Å²) < 4.78 is 1.87. The normalized spacial score (nSPS) is 11.6. The summed E-state index contributed by atoms with van der Waals surface area (Å²) in [6.45, 7) is 6.94. The minimum atomic E-state index is -0.156. The molecule has 0 fully saturated rings. The van der Waals surface area contributed by atoms with Gasteiger partial charge in [0, 0.05) is 23.2 Å². The lowest BCUT2D eigenvalue weighted by Crippen LogP contribution is -2.17. The van der Waals surface area contributed by atoms with Crippen molar-refractivity contribution in [3.8, 4) is 10.6 Å². The van der Waals surface area contributed by atoms with Crippen molar-refractivity contribution < 1.29 is 4.79 Å². The number of nitrogens with zero attached hydrogens (tertiary/aromatic N) is 4. The van der Waals surface area contributed by atoms with E-state index in [9.17, 15) is 4.79 Å². The molecule has 0 aliphatic heterocycles. The van der Waals surface area contributed by atoms with Crippen LogP contribution in [-0.4, -0.2) is 39.7 Å². The Bertz CT molecular complexity index is 1240. The van der Waals surface area contributed by atoms with Crippen LogP contribution in [0.1, 0.15) is 40.7 Å². The molecule has 0 radical (unpaired) electrons. The smallest absolute Gasteiger partial charge is 0.256 e. The number of carbonyl (C=O) groups excluding carboxylic acids is 1. The molecule has 0 bridgehead atoms. The van der Waals surface area contributed by atoms with Crippen molar-refractivity contribution in [2.75, 3.05) is 19.4 Å². The van der Waals surface area contributed by atoms with E-state index in [-0.39, 0.29) is 11.9 Å². The molecule has 1 N–H and O–H groups in total. The van der Waals surface area contributed by atoms with E-state index < -0.39 is 0 Å². The molecule has 0 saturated heterocycles. The summed E-state index contributed by atoms with van der Waals surface area (Å²) in [7, 11) is 4.03. The van der Waals surface area contributed by atoms with E-state index in [1.807, 2.05) is 49.1 Å². The van der Waals surface area contributed by atoms with E-state index in [0.717, 1.165) is 39.4 Å². The van der Waals surface area contributed by atoms with Crippen LogP contribution in [0.4, 0.5) is 5.69 Å². The number of aromatic nitrogens is 3. The van der Waals surface area contributed by atoms with Gasteiger partial charge in [0.15, 0.2) is 5.65 Å². The third-order valence-corrected chi connectivity index (χ3v) is 6.07. The molecule has 31 heavy (non-hydrogen) atoms. The standard InChI is InChI=1S/C24H27N5OS/c1-15(2)29-23-19(13-25-29)18(12-21(26-23)22-11-10-16(3)31-22)24(30)27-20-9-7-6-8-17(20)14-28(4)5/h6-13,15H,14H2,1-5H3,(H,27,30). The average molecular weight is 434 g/mol. The molecule has 7 heteroatoms. The lowest BCUT2D eigenvalue weighted by molar-refractivity contribution is 0.102. The third kappa shape index (κ3) is 4.38. The fraction of sp³-hybridized carbons (Fsp3) is 0.292. The molecular weight excluding hydrogens is 406 g/mol. The van der Waals surface area contributed by atoms with Crippen molar-refractivity contribution in [2.24, 2.45) is 0 Å². The minimum absolute atomic E-state index is 0.141. The summed E-state index contributed by atoms with van der Waals surface area (Å²) in [6.07, 6.45) is 1.74. The first-order valence-corrected chi connectivity index (χ1v) is 11.1. The monoisotopic (exact) mass is 433 g/mol. The van der Waals surface area contributed by atoms with Gasteiger partial charge in [0.25, 0.3) is 5.91 Å². The number of rotatable bonds is 6. The lowest BCUT2D eigenvalue weighted by atomic mass is 10.1. The molecule has 0 saturated carbocycles. The number of hydrogen-bond donors (Lipinski definition) is 1. The summed E-state index contributed by atoms with van der Waals surface area (Å²) in [6, 6.07) is 14.0. The van der Waals surface area contributed by atoms with Gasteiger partial charge in [-0.2, -0.15) is 5.10 Å². The van der Waals surface area contributed by atoms with E-state index in [1.165, 1.54) is 4.88 Å². The van der Waals surface area contributed by atoms with Gasteiger partial charge in [-0.1, -0.05) is 18.2 Å². The highest BCUT2D eigenvalue weighted by atomic mass is 32.1. The second kappa shape index (κ2) is 8.61. The van der Waals surface area contributed by atoms with Crippen LogP contribution in [0.2, 0.25) is 0 Å². The Balaban J connectivity index is 1.80. The number of para-hydroxylation sites is 1. The number of amides is 1. The molecular formula is C24H27N5OS. The largest absolute Gasteiger partial charge is 0.322 e. The van der Waals surface area contributed by atoms with E-state index in [0.29, 0.717) is 5.56 Å². The number of pyridine rings is 1. The number of carbonyl (C=O) groups is 1. The minimum Gasteiger partial charge on any atom is -0.322 e. The first-order valence-electron chi connectivity index (χ1n) is 10.3. The van der Waals surface area contributed by atoms with Crippen molar-refractivity contribution >= 4 is 34.0 Å². The van der Waals surface area contributed by atoms with Crippen molar-refractivity contribution in [3.63, 3.8) is 0 Å². The highest BCUT2D eigenvalue weighted by Crippen LogP contribution is 2.31. The molecule has 3 aromatic heterocycles. The van der Waals surface area contributed by atoms with E-state index in [2.05, 4.69) is 48.2 Å². The predicted octanol–water partition coefficient (Wildman–Crippen LogP) is 5.36. The highest BCUT2D eigenvalue weighted by Gasteiger charge is 2.20. The van der Waals surface area contributed by atoms with E-state index in [1.54, 1.807) is 17.5 Å². The number of hydrogen-bond acceptors (Lipinski definition) is 5. The molecule has 0 aliphatic carbocycles. The van der Waals surface area contributed by atoms with Crippen molar-refractivity contribution in [1.29, 1.82) is 0 Å². The topological polar surface area (TPSA) is 63.1 Å². The van der Waals surface area contributed by atoms with Crippen LogP contribution in [0.15, 0.2) is 48.7 Å². The van der Waals surface area contributed by atoms with Crippen LogP contribution >= 0.6 is 11.3 Å². The number of fused-ring (bicyclic) bond motifs is 1. The maximum Gasteiger partial charge on any atom is 0.256 e. The van der Waals surface area contributed by atoms with Crippen molar-refractivity contribution in [2.45, 2.75) is 33.4 Å². The fourth-order valence-electron chi connectivity index (χ4n) is 3.59. The van der Waals surface area contributed by atoms with Crippen LogP contribution < -0.4 is 5.32 Å². The maximum atomic E-state index is 13.4. The second-order valence-electron chi connectivity index (χ2n) is 8.23. The Hall–Kier alpha value is -3.03. The molecule has 160 valence electrons. The first-order chi connectivity index (χ1) is 14.8. The summed E-state index contributed by atoms with van der Waals surface area (Å²) in [5.41, 5.74) is 3.98. The summed E-state index contributed by atoms with van der Waals surface area (Å²) in [5.74, 6) is -0.156. The zero-order valence-corrected chi connectivity index (χ0v) is 19.3. The number of thiophene rings is 1. The van der Waals surface area contributed by atoms with E-state index >= 15 is 0 Å². The maximum absolute atomic E-state index is 13.4. The van der Waals surface area contributed by atoms with Gasteiger partial charge in [0.1, 0.15) is 0 Å². The second-order valence-corrected chi connectivity index (χ2v) is 9.52. The fourth-order valence-corrected chi connectivity index (χ4v) is 4.42. The molecule has 6 nitrogen and oxygen atoms in total. The van der Waals surface area contributed by atoms with Gasteiger partial charge in [-0.25, -0.2) is 9.67 Å². The Morgan fingerprint density at radius 2 is 1.97 bits per heavy atom. The van der Waals surface area contributed by atoms with Crippen LogP contribution in [0.3, 0.4) is 0 Å². The van der Waals surface area contributed by atoms with Crippen LogP contribution in [0, 0.1) is 6.92 Å². The lowest BCUT2D eigenvalue weighted by Gasteiger charge is -2.15. The number of nitrogens with one attached hydrogen (secondary N) is 1. The van der Waals surface area contributed by atoms with Gasteiger partial charge in [-0.15, -0.1) is 11.3 Å². The molecule has 0 unspecified atom stereocenters. The Kier molecular flexibility index (Phi) is 5.89. The molecule has 1 aromatic carbocycles. The molecule has 3 heterocycles. The van der Waals surface area contributed by atoms with Crippen molar-refractivity contribution in [1.82, 2.24) is 19.7 Å². The average Bonchev–Trinajstić information content (AvgIpc) is 3.34. The van der Waals surface area contributed by atoms with Gasteiger partial charge in [0.05, 0.1) is 27.7 Å². The summed E-state index contributed by atoms with van der Waals surface area (Å²) in [5, 5.41) is 8.39. The molecule has 4 rings (SSSR count). The van der Waals surface area contributed by atoms with Crippen LogP contribution in [0.25, 0.3) is 21.6 Å². The van der Waals surface area contributed by atoms with Gasteiger partial charge in [0.2, 0.25) is 0 Å². The SMILES string of the molecule is Cc1ccc(-c2cc(C(=O)Nc3ccccc3CN(C)C)c3cnn(C(C)C)c3n2)s1. The molecule has 4 aromatic rings. The molecule has 0 spiro atoms. The first kappa shape index (κ1) is 21.2. The Labute approximate surface area is 186 Å². The predicted molar refractivity (Wildman–Crippen MR) is 128 cm³/mol. The number of aryl methyl sites for hydroxylation is 1. The number of anilines is 1. The van der Waals surface area contributed by atoms with Gasteiger partial charge in [-0.3, -0.25) is 4.79 Å². The highest BCUT2D eigenvalue weighted by molar-refractivity contribution is 7.15. The zero-order chi connectivity index (χ0) is 22.1. The Morgan fingerprint density at radius 1 is 1.19 bits per heavy atom. The third-order valence-electron chi connectivity index (χ3n) is 5.05. The molecule has 1 amide bonds. The zero-order valence-electron chi connectivity index (χ0n) is 18.5. The molecule has 0 atom stereocenters. The van der Waals surface area contributed by atoms with E-state index in [4.69, 9.17) is 4.98 Å². The van der Waals surface area contributed by atoms with Crippen molar-refractivity contribution in [3.05, 3.63) is 64.7 Å². The number of benzene rings is 1. The van der Waals surface area contributed by atoms with Gasteiger partial charge >= 0.3 is 0 Å². The van der Waals surface area contributed by atoms with Crippen LogP contribution in [-0.2, 0) is 6.54 Å². The summed E-state index contributed by atoms with van der Waals surface area (Å²) in [4.78, 5) is 22.6.